The molecule has 0 aliphatic carbocycles. The molecule has 3 rings (SSSR count). The second-order valence-electron chi connectivity index (χ2n) is 7.09. The van der Waals surface area contributed by atoms with Gasteiger partial charge in [0.05, 0.1) is 11.4 Å². The van der Waals surface area contributed by atoms with Gasteiger partial charge < -0.3 is 4.90 Å². The van der Waals surface area contributed by atoms with E-state index in [2.05, 4.69) is 0 Å². The van der Waals surface area contributed by atoms with Crippen LogP contribution in [0.15, 0.2) is 70.9 Å². The van der Waals surface area contributed by atoms with Gasteiger partial charge in [0.1, 0.15) is 5.82 Å². The van der Waals surface area contributed by atoms with E-state index in [1.165, 1.54) is 59.1 Å². The maximum atomic E-state index is 13.4. The molecule has 0 aliphatic rings. The van der Waals surface area contributed by atoms with Crippen molar-refractivity contribution in [3.05, 3.63) is 82.3 Å². The van der Waals surface area contributed by atoms with Crippen LogP contribution in [0.25, 0.3) is 0 Å². The molecule has 1 aromatic heterocycles. The average Bonchev–Trinajstić information content (AvgIpc) is 3.25. The number of hydrogen-bond donors (Lipinski definition) is 0. The Balaban J connectivity index is 1.92. The van der Waals surface area contributed by atoms with Gasteiger partial charge in [-0.15, -0.1) is 11.3 Å². The van der Waals surface area contributed by atoms with Crippen LogP contribution in [0.2, 0.25) is 0 Å². The number of thiophene rings is 1. The third-order valence-corrected chi connectivity index (χ3v) is 7.69. The van der Waals surface area contributed by atoms with Gasteiger partial charge in [0, 0.05) is 29.2 Å². The number of halogens is 1. The number of amides is 1. The van der Waals surface area contributed by atoms with Gasteiger partial charge in [-0.2, -0.15) is 4.31 Å². The van der Waals surface area contributed by atoms with Crippen LogP contribution in [-0.2, 0) is 16.6 Å². The maximum Gasteiger partial charge on any atom is 0.258 e. The van der Waals surface area contributed by atoms with Crippen LogP contribution < -0.4 is 4.90 Å². The predicted octanol–water partition coefficient (Wildman–Crippen LogP) is 4.76. The highest BCUT2D eigenvalue weighted by Crippen LogP contribution is 2.24. The first-order chi connectivity index (χ1) is 14.2. The lowest BCUT2D eigenvalue weighted by atomic mass is 10.1. The molecule has 30 heavy (non-hydrogen) atoms. The second kappa shape index (κ2) is 9.07. The molecule has 0 atom stereocenters. The Labute approximate surface area is 180 Å². The quantitative estimate of drug-likeness (QED) is 0.526. The minimum absolute atomic E-state index is 0.127. The zero-order valence-electron chi connectivity index (χ0n) is 16.9. The summed E-state index contributed by atoms with van der Waals surface area (Å²) in [7, 11) is -2.11. The van der Waals surface area contributed by atoms with Crippen LogP contribution in [0.3, 0.4) is 0 Å². The minimum atomic E-state index is -3.63. The van der Waals surface area contributed by atoms with Gasteiger partial charge >= 0.3 is 0 Å². The number of carbonyl (C=O) groups excluding carboxylic acids is 1. The standard InChI is InChI=1S/C22H23FN2O3S2/c1-16(2)24(3)30(27,28)21-12-6-17(7-13-21)22(26)25(15-20-5-4-14-29-20)19-10-8-18(23)9-11-19/h4-14,16H,15H2,1-3H3. The normalized spacial score (nSPS) is 11.8. The first-order valence-corrected chi connectivity index (χ1v) is 11.7. The molecule has 0 fully saturated rings. The molecular weight excluding hydrogens is 423 g/mol. The molecule has 0 spiro atoms. The van der Waals surface area contributed by atoms with Crippen molar-refractivity contribution in [1.29, 1.82) is 0 Å². The lowest BCUT2D eigenvalue weighted by Gasteiger charge is -2.23. The number of hydrogen-bond acceptors (Lipinski definition) is 4. The van der Waals surface area contributed by atoms with Crippen LogP contribution in [0, 0.1) is 5.82 Å². The topological polar surface area (TPSA) is 57.7 Å². The van der Waals surface area contributed by atoms with E-state index in [1.54, 1.807) is 30.9 Å². The smallest absolute Gasteiger partial charge is 0.258 e. The Kier molecular flexibility index (Phi) is 6.70. The zero-order chi connectivity index (χ0) is 21.9. The van der Waals surface area contributed by atoms with E-state index in [9.17, 15) is 17.6 Å². The second-order valence-corrected chi connectivity index (χ2v) is 10.1. The fraction of sp³-hybridized carbons (Fsp3) is 0.227. The van der Waals surface area contributed by atoms with Gasteiger partial charge in [0.25, 0.3) is 5.91 Å². The third kappa shape index (κ3) is 4.77. The highest BCUT2D eigenvalue weighted by molar-refractivity contribution is 7.89. The summed E-state index contributed by atoms with van der Waals surface area (Å²) in [6.07, 6.45) is 0. The lowest BCUT2D eigenvalue weighted by molar-refractivity contribution is 0.0985. The molecule has 0 bridgehead atoms. The van der Waals surface area contributed by atoms with Crippen molar-refractivity contribution in [2.24, 2.45) is 0 Å². The molecule has 0 N–H and O–H groups in total. The summed E-state index contributed by atoms with van der Waals surface area (Å²) in [5, 5.41) is 1.92. The van der Waals surface area contributed by atoms with E-state index < -0.39 is 10.0 Å². The molecule has 5 nitrogen and oxygen atoms in total. The lowest BCUT2D eigenvalue weighted by Crippen LogP contribution is -2.33. The molecular formula is C22H23FN2O3S2. The van der Waals surface area contributed by atoms with Gasteiger partial charge in [-0.05, 0) is 73.8 Å². The number of nitrogens with zero attached hydrogens (tertiary/aromatic N) is 2. The van der Waals surface area contributed by atoms with E-state index >= 15 is 0 Å². The van der Waals surface area contributed by atoms with Crippen LogP contribution >= 0.6 is 11.3 Å². The Morgan fingerprint density at radius 1 is 1.03 bits per heavy atom. The van der Waals surface area contributed by atoms with Crippen molar-refractivity contribution in [3.63, 3.8) is 0 Å². The van der Waals surface area contributed by atoms with Crippen LogP contribution in [0.5, 0.6) is 0 Å². The molecule has 1 heterocycles. The van der Waals surface area contributed by atoms with Crippen LogP contribution in [0.4, 0.5) is 10.1 Å². The van der Waals surface area contributed by atoms with Gasteiger partial charge in [0.15, 0.2) is 0 Å². The Bertz CT molecular complexity index is 1090. The molecule has 0 aliphatic heterocycles. The molecule has 1 amide bonds. The first-order valence-electron chi connectivity index (χ1n) is 9.38. The molecule has 0 saturated carbocycles. The van der Waals surface area contributed by atoms with Gasteiger partial charge in [-0.1, -0.05) is 6.07 Å². The minimum Gasteiger partial charge on any atom is -0.303 e. The van der Waals surface area contributed by atoms with Crippen LogP contribution in [0.1, 0.15) is 29.1 Å². The highest BCUT2D eigenvalue weighted by Gasteiger charge is 2.24. The van der Waals surface area contributed by atoms with Crippen LogP contribution in [-0.4, -0.2) is 31.7 Å². The van der Waals surface area contributed by atoms with E-state index in [-0.39, 0.29) is 22.7 Å². The van der Waals surface area contributed by atoms with Crippen molar-refractivity contribution < 1.29 is 17.6 Å². The Morgan fingerprint density at radius 2 is 1.67 bits per heavy atom. The number of benzene rings is 2. The summed E-state index contributed by atoms with van der Waals surface area (Å²) >= 11 is 1.52. The molecule has 0 saturated heterocycles. The Hall–Kier alpha value is -2.55. The monoisotopic (exact) mass is 446 g/mol. The third-order valence-electron chi connectivity index (χ3n) is 4.78. The molecule has 158 valence electrons. The van der Waals surface area contributed by atoms with Crippen molar-refractivity contribution in [3.8, 4) is 0 Å². The van der Waals surface area contributed by atoms with Gasteiger partial charge in [0.2, 0.25) is 10.0 Å². The van der Waals surface area contributed by atoms with E-state index in [4.69, 9.17) is 0 Å². The van der Waals surface area contributed by atoms with E-state index in [0.717, 1.165) is 4.88 Å². The largest absolute Gasteiger partial charge is 0.303 e. The highest BCUT2D eigenvalue weighted by atomic mass is 32.2. The number of carbonyl (C=O) groups is 1. The molecule has 3 aromatic rings. The zero-order valence-corrected chi connectivity index (χ0v) is 18.6. The van der Waals surface area contributed by atoms with Gasteiger partial charge in [-0.3, -0.25) is 4.79 Å². The number of anilines is 1. The summed E-state index contributed by atoms with van der Waals surface area (Å²) in [5.41, 5.74) is 0.910. The summed E-state index contributed by atoms with van der Waals surface area (Å²) in [5.74, 6) is -0.678. The summed E-state index contributed by atoms with van der Waals surface area (Å²) in [6, 6.07) is 15.3. The SMILES string of the molecule is CC(C)N(C)S(=O)(=O)c1ccc(C(=O)N(Cc2cccs2)c2ccc(F)cc2)cc1. The molecule has 2 aromatic carbocycles. The van der Waals surface area contributed by atoms with Crippen molar-refractivity contribution in [2.75, 3.05) is 11.9 Å². The Morgan fingerprint density at radius 3 is 2.20 bits per heavy atom. The van der Waals surface area contributed by atoms with E-state index in [0.29, 0.717) is 17.8 Å². The number of rotatable bonds is 7. The van der Waals surface area contributed by atoms with E-state index in [1.807, 2.05) is 17.5 Å². The van der Waals surface area contributed by atoms with Crippen molar-refractivity contribution >= 4 is 33.0 Å². The summed E-state index contributed by atoms with van der Waals surface area (Å²) in [4.78, 5) is 15.9. The maximum absolute atomic E-state index is 13.4. The van der Waals surface area contributed by atoms with Gasteiger partial charge in [-0.25, -0.2) is 12.8 Å². The summed E-state index contributed by atoms with van der Waals surface area (Å²) < 4.78 is 40.0. The molecule has 0 unspecified atom stereocenters. The fourth-order valence-corrected chi connectivity index (χ4v) is 4.89. The first kappa shape index (κ1) is 22.1. The molecule has 0 radical (unpaired) electrons. The number of sulfonamides is 1. The van der Waals surface area contributed by atoms with Crippen molar-refractivity contribution in [1.82, 2.24) is 4.31 Å². The molecule has 8 heteroatoms. The fourth-order valence-electron chi connectivity index (χ4n) is 2.83. The predicted molar refractivity (Wildman–Crippen MR) is 118 cm³/mol. The van der Waals surface area contributed by atoms with Crippen molar-refractivity contribution in [2.45, 2.75) is 31.3 Å². The summed E-state index contributed by atoms with van der Waals surface area (Å²) in [6.45, 7) is 3.92. The average molecular weight is 447 g/mol.